The number of thioether (sulfide) groups is 1. The van der Waals surface area contributed by atoms with Crippen molar-refractivity contribution in [1.29, 1.82) is 0 Å². The van der Waals surface area contributed by atoms with Crippen LogP contribution in [0.4, 0.5) is 5.95 Å². The van der Waals surface area contributed by atoms with E-state index >= 15 is 0 Å². The highest BCUT2D eigenvalue weighted by Crippen LogP contribution is 2.51. The van der Waals surface area contributed by atoms with Crippen molar-refractivity contribution in [1.82, 2.24) is 19.5 Å². The molecule has 3 heterocycles. The molecule has 1 saturated heterocycles. The lowest BCUT2D eigenvalue weighted by Gasteiger charge is -2.36. The molecule has 0 saturated carbocycles. The van der Waals surface area contributed by atoms with Gasteiger partial charge in [0.25, 0.3) is 5.56 Å². The molecule has 5 aromatic rings. The van der Waals surface area contributed by atoms with Gasteiger partial charge < -0.3 is 30.2 Å². The number of benzene rings is 3. The molecule has 0 bridgehead atoms. The second-order valence-electron chi connectivity index (χ2n) is 10.8. The summed E-state index contributed by atoms with van der Waals surface area (Å²) in [5.41, 5.74) is 6.71. The molecular weight excluding hydrogens is 582 g/mol. The van der Waals surface area contributed by atoms with Gasteiger partial charge in [0, 0.05) is 5.75 Å². The number of fused-ring (bicyclic) bond motifs is 1. The number of aliphatic hydroxyl groups excluding tert-OH is 1. The molecule has 228 valence electrons. The van der Waals surface area contributed by atoms with E-state index in [9.17, 15) is 15.0 Å². The van der Waals surface area contributed by atoms with Crippen molar-refractivity contribution < 1.29 is 24.4 Å². The van der Waals surface area contributed by atoms with Crippen LogP contribution in [0.3, 0.4) is 0 Å². The van der Waals surface area contributed by atoms with Crippen molar-refractivity contribution >= 4 is 28.9 Å². The van der Waals surface area contributed by atoms with E-state index in [1.807, 2.05) is 66.7 Å². The van der Waals surface area contributed by atoms with Gasteiger partial charge in [-0.3, -0.25) is 14.3 Å². The van der Waals surface area contributed by atoms with Crippen LogP contribution in [-0.2, 0) is 9.48 Å². The molecule has 44 heavy (non-hydrogen) atoms. The molecule has 1 aliphatic rings. The minimum atomic E-state index is -1.74. The van der Waals surface area contributed by atoms with E-state index in [0.717, 1.165) is 28.2 Å². The number of aliphatic hydroxyl groups is 2. The second-order valence-corrected chi connectivity index (χ2v) is 12.0. The number of nitrogen functional groups attached to an aromatic ring is 1. The van der Waals surface area contributed by atoms with Gasteiger partial charge in [0.05, 0.1) is 31.4 Å². The van der Waals surface area contributed by atoms with Crippen molar-refractivity contribution in [2.45, 2.75) is 35.7 Å². The lowest BCUT2D eigenvalue weighted by atomic mass is 9.84. The number of aromatic nitrogens is 4. The number of aromatic amines is 1. The Hall–Kier alpha value is -4.36. The molecule has 3 aromatic carbocycles. The molecule has 4 atom stereocenters. The van der Waals surface area contributed by atoms with Gasteiger partial charge in [0.15, 0.2) is 17.4 Å². The summed E-state index contributed by atoms with van der Waals surface area (Å²) < 4.78 is 17.9. The Balaban J connectivity index is 1.42. The van der Waals surface area contributed by atoms with Crippen LogP contribution < -0.4 is 20.8 Å². The molecule has 1 fully saturated rings. The highest BCUT2D eigenvalue weighted by Gasteiger charge is 2.54. The zero-order valence-corrected chi connectivity index (χ0v) is 25.2. The molecule has 0 unspecified atom stereocenters. The van der Waals surface area contributed by atoms with Crippen molar-refractivity contribution in [2.75, 3.05) is 25.7 Å². The van der Waals surface area contributed by atoms with Crippen molar-refractivity contribution in [3.63, 3.8) is 0 Å². The first-order valence-electron chi connectivity index (χ1n) is 14.0. The van der Waals surface area contributed by atoms with Crippen LogP contribution in [0.25, 0.3) is 11.2 Å². The molecule has 0 aliphatic carbocycles. The maximum atomic E-state index is 12.4. The molecule has 0 amide bonds. The number of H-pyrrole nitrogens is 1. The number of nitrogens with two attached hydrogens (primary N) is 1. The summed E-state index contributed by atoms with van der Waals surface area (Å²) in [5.74, 6) is 1.64. The molecule has 11 nitrogen and oxygen atoms in total. The maximum Gasteiger partial charge on any atom is 0.280 e. The Morgan fingerprint density at radius 3 is 2.14 bits per heavy atom. The smallest absolute Gasteiger partial charge is 0.280 e. The Kier molecular flexibility index (Phi) is 7.84. The maximum absolute atomic E-state index is 12.4. The Morgan fingerprint density at radius 2 is 1.57 bits per heavy atom. The molecule has 6 rings (SSSR count). The summed E-state index contributed by atoms with van der Waals surface area (Å²) >= 11 is 1.57. The summed E-state index contributed by atoms with van der Waals surface area (Å²) in [4.78, 5) is 23.2. The molecule has 2 aromatic heterocycles. The van der Waals surface area contributed by atoms with Crippen LogP contribution in [0.5, 0.6) is 11.5 Å². The van der Waals surface area contributed by atoms with Crippen molar-refractivity contribution in [2.24, 2.45) is 0 Å². The minimum Gasteiger partial charge on any atom is -0.497 e. The minimum absolute atomic E-state index is 0.0491. The van der Waals surface area contributed by atoms with Gasteiger partial charge in [-0.2, -0.15) is 4.98 Å². The number of hydrogen-bond acceptors (Lipinski definition) is 10. The number of imidazole rings is 1. The third-order valence-corrected chi connectivity index (χ3v) is 9.73. The molecule has 5 N–H and O–H groups in total. The molecule has 0 radical (unpaired) electrons. The first-order valence-corrected chi connectivity index (χ1v) is 14.9. The Morgan fingerprint density at radius 1 is 1.00 bits per heavy atom. The zero-order chi connectivity index (χ0) is 31.1. The van der Waals surface area contributed by atoms with Crippen LogP contribution in [0.15, 0.2) is 90.0 Å². The predicted molar refractivity (Wildman–Crippen MR) is 168 cm³/mol. The van der Waals surface area contributed by atoms with Crippen LogP contribution in [0.2, 0.25) is 0 Å². The van der Waals surface area contributed by atoms with E-state index in [2.05, 4.69) is 27.1 Å². The van der Waals surface area contributed by atoms with Gasteiger partial charge in [0.2, 0.25) is 5.95 Å². The van der Waals surface area contributed by atoms with Crippen LogP contribution in [-0.4, -0.2) is 67.5 Å². The van der Waals surface area contributed by atoms with E-state index in [-0.39, 0.29) is 22.9 Å². The lowest BCUT2D eigenvalue weighted by Crippen LogP contribution is -2.44. The summed E-state index contributed by atoms with van der Waals surface area (Å²) in [6, 6.07) is 25.9. The van der Waals surface area contributed by atoms with Crippen LogP contribution >= 0.6 is 11.8 Å². The van der Waals surface area contributed by atoms with E-state index in [1.54, 1.807) is 26.0 Å². The van der Waals surface area contributed by atoms with Gasteiger partial charge in [-0.1, -0.05) is 54.6 Å². The van der Waals surface area contributed by atoms with Crippen molar-refractivity contribution in [3.8, 4) is 11.5 Å². The summed E-state index contributed by atoms with van der Waals surface area (Å²) in [6.07, 6.45) is -1.82. The van der Waals surface area contributed by atoms with Gasteiger partial charge in [-0.25, -0.2) is 4.98 Å². The lowest BCUT2D eigenvalue weighted by molar-refractivity contribution is -0.0935. The fourth-order valence-electron chi connectivity index (χ4n) is 5.77. The first-order chi connectivity index (χ1) is 21.2. The van der Waals surface area contributed by atoms with Gasteiger partial charge >= 0.3 is 0 Å². The zero-order valence-electron chi connectivity index (χ0n) is 24.4. The molecule has 1 aliphatic heterocycles. The fraction of sp³-hybridized carbons (Fsp3) is 0.281. The Labute approximate surface area is 257 Å². The van der Waals surface area contributed by atoms with Gasteiger partial charge in [-0.15, -0.1) is 11.8 Å². The Bertz CT molecular complexity index is 1760. The largest absolute Gasteiger partial charge is 0.497 e. The monoisotopic (exact) mass is 615 g/mol. The first kappa shape index (κ1) is 29.7. The van der Waals surface area contributed by atoms with Crippen LogP contribution in [0, 0.1) is 0 Å². The van der Waals surface area contributed by atoms with E-state index in [1.165, 1.54) is 17.8 Å². The van der Waals surface area contributed by atoms with Crippen molar-refractivity contribution in [3.05, 3.63) is 112 Å². The third-order valence-electron chi connectivity index (χ3n) is 8.10. The normalized spacial score (nSPS) is 21.9. The highest BCUT2D eigenvalue weighted by atomic mass is 32.2. The summed E-state index contributed by atoms with van der Waals surface area (Å²) in [6.45, 7) is 1.49. The predicted octanol–water partition coefficient (Wildman–Crippen LogP) is 3.45. The van der Waals surface area contributed by atoms with Crippen LogP contribution in [0.1, 0.15) is 29.8 Å². The average molecular weight is 616 g/mol. The third kappa shape index (κ3) is 4.99. The number of nitrogens with one attached hydrogen (secondary N) is 1. The molecule has 12 heteroatoms. The fourth-order valence-corrected chi connectivity index (χ4v) is 7.36. The van der Waals surface area contributed by atoms with Gasteiger partial charge in [-0.05, 0) is 47.9 Å². The number of rotatable bonds is 9. The number of ether oxygens (including phenoxy) is 3. The van der Waals surface area contributed by atoms with E-state index in [4.69, 9.17) is 19.9 Å². The van der Waals surface area contributed by atoms with E-state index in [0.29, 0.717) is 0 Å². The standard InChI is InChI=1S/C32H33N5O6S/c1-31(40)26(38)24(43-29(31)37-18-34-25-27(37)35-30(33)36-28(25)39)17-44-32(19-7-5-4-6-8-19,20-9-13-22(41-2)14-10-20)21-11-15-23(42-3)16-12-21/h4-16,18,24,26,29,38,40H,17H2,1-3H3,(H3,33,35,36,39)/t24-,26-,29-,31-/m1/s1. The highest BCUT2D eigenvalue weighted by molar-refractivity contribution is 8.00. The topological polar surface area (TPSA) is 158 Å². The number of nitrogens with zero attached hydrogens (tertiary/aromatic N) is 3. The number of hydrogen-bond donors (Lipinski definition) is 4. The summed E-state index contributed by atoms with van der Waals surface area (Å²) in [5, 5.41) is 23.0. The average Bonchev–Trinajstić information content (AvgIpc) is 3.56. The van der Waals surface area contributed by atoms with E-state index < -0.39 is 34.3 Å². The SMILES string of the molecule is COc1ccc(C(SC[C@H]2O[C@@H](n3cnc4c(=O)[nH]c(N)nc43)[C@](C)(O)[C@@H]2O)(c2ccccc2)c2ccc(OC)cc2)cc1. The number of anilines is 1. The van der Waals surface area contributed by atoms with Gasteiger partial charge in [0.1, 0.15) is 23.2 Å². The number of methoxy groups -OCH3 is 2. The quantitative estimate of drug-likeness (QED) is 0.181. The summed E-state index contributed by atoms with van der Waals surface area (Å²) in [7, 11) is 3.25. The second kappa shape index (κ2) is 11.6. The molecule has 0 spiro atoms. The molecular formula is C32H33N5O6S.